The molecule has 0 amide bonds. The van der Waals surface area contributed by atoms with Crippen LogP contribution in [0.25, 0.3) is 0 Å². The second-order valence-electron chi connectivity index (χ2n) is 4.26. The van der Waals surface area contributed by atoms with Crippen LogP contribution in [0.1, 0.15) is 19.3 Å². The number of hydrogen-bond donors (Lipinski definition) is 1. The Morgan fingerprint density at radius 1 is 1.25 bits per heavy atom. The Morgan fingerprint density at radius 3 is 2.75 bits per heavy atom. The van der Waals surface area contributed by atoms with E-state index < -0.39 is 0 Å². The number of fused-ring (bicyclic) bond motifs is 1. The second kappa shape index (κ2) is 3.17. The molecule has 0 spiro atoms. The van der Waals surface area contributed by atoms with E-state index in [1.165, 1.54) is 38.9 Å². The molecule has 1 aliphatic carbocycles. The molecule has 0 aromatic carbocycles. The van der Waals surface area contributed by atoms with Gasteiger partial charge in [-0.1, -0.05) is 0 Å². The molecule has 2 saturated heterocycles. The summed E-state index contributed by atoms with van der Waals surface area (Å²) in [4.78, 5) is 2.75. The molecule has 0 bridgehead atoms. The van der Waals surface area contributed by atoms with E-state index in [0.717, 1.165) is 18.0 Å². The topological polar surface area (TPSA) is 15.3 Å². The predicted octanol–water partition coefficient (Wildman–Crippen LogP) is 0.864. The smallest absolute Gasteiger partial charge is 0.0348 e. The van der Waals surface area contributed by atoms with Gasteiger partial charge in [0.25, 0.3) is 0 Å². The largest absolute Gasteiger partial charge is 0.314 e. The lowest BCUT2D eigenvalue weighted by Gasteiger charge is -2.40. The fraction of sp³-hybridized carbons (Fsp3) is 1.00. The van der Waals surface area contributed by atoms with Crippen LogP contribution in [-0.4, -0.2) is 36.6 Å². The molecule has 0 radical (unpaired) electrons. The first-order valence-electron chi connectivity index (χ1n) is 4.91. The highest BCUT2D eigenvalue weighted by atomic mass is 35.5. The third kappa shape index (κ3) is 1.26. The lowest BCUT2D eigenvalue weighted by molar-refractivity contribution is 0.111. The van der Waals surface area contributed by atoms with Gasteiger partial charge in [-0.05, 0) is 31.7 Å². The molecule has 2 nitrogen and oxygen atoms in total. The molecule has 12 heavy (non-hydrogen) atoms. The van der Waals surface area contributed by atoms with Crippen molar-refractivity contribution in [1.82, 2.24) is 10.2 Å². The fourth-order valence-corrected chi connectivity index (χ4v) is 2.61. The van der Waals surface area contributed by atoms with E-state index in [0.29, 0.717) is 0 Å². The van der Waals surface area contributed by atoms with Gasteiger partial charge in [0, 0.05) is 25.2 Å². The summed E-state index contributed by atoms with van der Waals surface area (Å²) in [5.41, 5.74) is 0. The summed E-state index contributed by atoms with van der Waals surface area (Å²) in [5, 5.41) is 3.36. The van der Waals surface area contributed by atoms with Gasteiger partial charge in [0.15, 0.2) is 0 Å². The summed E-state index contributed by atoms with van der Waals surface area (Å²) in [6.07, 6.45) is 4.48. The number of likely N-dealkylation sites (tertiary alicyclic amines) is 1. The number of piperidine rings is 1. The Bertz CT molecular complexity index is 168. The van der Waals surface area contributed by atoms with Gasteiger partial charge in [-0.2, -0.15) is 0 Å². The van der Waals surface area contributed by atoms with Crippen molar-refractivity contribution in [1.29, 1.82) is 0 Å². The quantitative estimate of drug-likeness (QED) is 0.657. The van der Waals surface area contributed by atoms with E-state index in [2.05, 4.69) is 10.2 Å². The van der Waals surface area contributed by atoms with Crippen molar-refractivity contribution < 1.29 is 0 Å². The van der Waals surface area contributed by atoms with Crippen molar-refractivity contribution in [2.24, 2.45) is 5.92 Å². The monoisotopic (exact) mass is 188 g/mol. The van der Waals surface area contributed by atoms with Crippen LogP contribution in [-0.2, 0) is 0 Å². The summed E-state index contributed by atoms with van der Waals surface area (Å²) in [6.45, 7) is 3.89. The summed E-state index contributed by atoms with van der Waals surface area (Å²) in [6, 6.07) is 1.92. The summed E-state index contributed by atoms with van der Waals surface area (Å²) in [7, 11) is 0. The number of halogens is 1. The van der Waals surface area contributed by atoms with Crippen molar-refractivity contribution in [3.8, 4) is 0 Å². The van der Waals surface area contributed by atoms with Gasteiger partial charge in [0.2, 0.25) is 0 Å². The van der Waals surface area contributed by atoms with Crippen LogP contribution in [0.5, 0.6) is 0 Å². The summed E-state index contributed by atoms with van der Waals surface area (Å²) in [5.74, 6) is 1.10. The van der Waals surface area contributed by atoms with Crippen LogP contribution in [0.3, 0.4) is 0 Å². The Hall–Kier alpha value is 0.210. The van der Waals surface area contributed by atoms with Gasteiger partial charge >= 0.3 is 0 Å². The van der Waals surface area contributed by atoms with Crippen molar-refractivity contribution in [3.63, 3.8) is 0 Å². The van der Waals surface area contributed by atoms with E-state index in [1.54, 1.807) is 0 Å². The van der Waals surface area contributed by atoms with Crippen molar-refractivity contribution in [3.05, 3.63) is 0 Å². The first-order valence-corrected chi connectivity index (χ1v) is 4.91. The second-order valence-corrected chi connectivity index (χ2v) is 4.26. The zero-order chi connectivity index (χ0) is 7.26. The standard InChI is InChI=1S/C9H16N2.ClH/c1-2-7-4-9(7)11(3-1)8-5-10-6-8;/h7-10H,1-6H2;1H/t7-,9+;/m1./s1. The van der Waals surface area contributed by atoms with Crippen molar-refractivity contribution in [2.45, 2.75) is 31.3 Å². The molecule has 3 aliphatic rings. The molecule has 0 aromatic rings. The van der Waals surface area contributed by atoms with E-state index in [4.69, 9.17) is 0 Å². The molecule has 1 N–H and O–H groups in total. The molecule has 70 valence electrons. The fourth-order valence-electron chi connectivity index (χ4n) is 2.61. The van der Waals surface area contributed by atoms with Crippen LogP contribution in [0.2, 0.25) is 0 Å². The molecule has 0 aromatic heterocycles. The normalized spacial score (nSPS) is 41.0. The third-order valence-electron chi connectivity index (χ3n) is 3.53. The Balaban J connectivity index is 0.000000563. The van der Waals surface area contributed by atoms with Gasteiger partial charge in [0.05, 0.1) is 0 Å². The maximum atomic E-state index is 3.36. The third-order valence-corrected chi connectivity index (χ3v) is 3.53. The zero-order valence-corrected chi connectivity index (χ0v) is 8.15. The van der Waals surface area contributed by atoms with Crippen molar-refractivity contribution in [2.75, 3.05) is 19.6 Å². The highest BCUT2D eigenvalue weighted by Gasteiger charge is 2.46. The van der Waals surface area contributed by atoms with Gasteiger partial charge in [-0.25, -0.2) is 0 Å². The molecular formula is C9H17ClN2. The van der Waals surface area contributed by atoms with Crippen LogP contribution in [0, 0.1) is 5.92 Å². The molecule has 3 fully saturated rings. The Morgan fingerprint density at radius 2 is 2.08 bits per heavy atom. The van der Waals surface area contributed by atoms with Crippen LogP contribution < -0.4 is 5.32 Å². The molecule has 3 heteroatoms. The lowest BCUT2D eigenvalue weighted by atomic mass is 10.1. The number of nitrogens with zero attached hydrogens (tertiary/aromatic N) is 1. The van der Waals surface area contributed by atoms with Crippen LogP contribution in [0.4, 0.5) is 0 Å². The van der Waals surface area contributed by atoms with E-state index in [-0.39, 0.29) is 12.4 Å². The maximum absolute atomic E-state index is 3.36. The molecular weight excluding hydrogens is 172 g/mol. The number of rotatable bonds is 1. The Labute approximate surface area is 80.1 Å². The summed E-state index contributed by atoms with van der Waals surface area (Å²) >= 11 is 0. The highest BCUT2D eigenvalue weighted by molar-refractivity contribution is 5.85. The minimum Gasteiger partial charge on any atom is -0.314 e. The van der Waals surface area contributed by atoms with E-state index >= 15 is 0 Å². The molecule has 2 heterocycles. The number of nitrogens with one attached hydrogen (secondary N) is 1. The first kappa shape index (κ1) is 8.79. The highest BCUT2D eigenvalue weighted by Crippen LogP contribution is 2.44. The number of hydrogen-bond acceptors (Lipinski definition) is 2. The van der Waals surface area contributed by atoms with E-state index in [1.807, 2.05) is 0 Å². The summed E-state index contributed by atoms with van der Waals surface area (Å²) < 4.78 is 0. The van der Waals surface area contributed by atoms with Gasteiger partial charge < -0.3 is 5.32 Å². The molecule has 1 saturated carbocycles. The Kier molecular flexibility index (Phi) is 2.32. The minimum absolute atomic E-state index is 0. The average Bonchev–Trinajstić information content (AvgIpc) is 2.62. The minimum atomic E-state index is 0. The molecule has 2 atom stereocenters. The first-order chi connectivity index (χ1) is 5.45. The zero-order valence-electron chi connectivity index (χ0n) is 7.33. The van der Waals surface area contributed by atoms with Gasteiger partial charge in [-0.3, -0.25) is 4.90 Å². The predicted molar refractivity (Wildman–Crippen MR) is 51.7 cm³/mol. The SMILES string of the molecule is C1C[C@@H]2C[C@@H]2N(C2CNC2)C1.Cl. The maximum Gasteiger partial charge on any atom is 0.0348 e. The van der Waals surface area contributed by atoms with Crippen LogP contribution in [0.15, 0.2) is 0 Å². The molecule has 2 aliphatic heterocycles. The van der Waals surface area contributed by atoms with Gasteiger partial charge in [-0.15, -0.1) is 12.4 Å². The lowest BCUT2D eigenvalue weighted by Crippen LogP contribution is -2.58. The van der Waals surface area contributed by atoms with Gasteiger partial charge in [0.1, 0.15) is 0 Å². The van der Waals surface area contributed by atoms with Crippen LogP contribution >= 0.6 is 12.4 Å². The molecule has 3 rings (SSSR count). The van der Waals surface area contributed by atoms with E-state index in [9.17, 15) is 0 Å². The van der Waals surface area contributed by atoms with Crippen molar-refractivity contribution >= 4 is 12.4 Å². The molecule has 0 unspecified atom stereocenters. The average molecular weight is 189 g/mol.